The highest BCUT2D eigenvalue weighted by Gasteiger charge is 2.16. The fraction of sp³-hybridized carbons (Fsp3) is 0.429. The highest BCUT2D eigenvalue weighted by atomic mass is 79.9. The van der Waals surface area contributed by atoms with Gasteiger partial charge in [0.2, 0.25) is 0 Å². The van der Waals surface area contributed by atoms with E-state index in [4.69, 9.17) is 4.74 Å². The van der Waals surface area contributed by atoms with Gasteiger partial charge < -0.3 is 4.74 Å². The first-order chi connectivity index (χ1) is 7.60. The van der Waals surface area contributed by atoms with Gasteiger partial charge in [0.05, 0.1) is 7.11 Å². The van der Waals surface area contributed by atoms with Crippen molar-refractivity contribution < 1.29 is 4.74 Å². The smallest absolute Gasteiger partial charge is 0.122 e. The van der Waals surface area contributed by atoms with Gasteiger partial charge in [0.15, 0.2) is 0 Å². The van der Waals surface area contributed by atoms with Crippen LogP contribution in [0.1, 0.15) is 32.3 Å². The maximum atomic E-state index is 5.38. The van der Waals surface area contributed by atoms with Gasteiger partial charge in [-0.1, -0.05) is 35.7 Å². The molecule has 0 heterocycles. The molecule has 0 aromatic heterocycles. The minimum Gasteiger partial charge on any atom is -0.496 e. The summed E-state index contributed by atoms with van der Waals surface area (Å²) >= 11 is 3.49. The monoisotopic (exact) mass is 280 g/mol. The van der Waals surface area contributed by atoms with Crippen LogP contribution in [0.3, 0.4) is 0 Å². The van der Waals surface area contributed by atoms with Gasteiger partial charge in [-0.05, 0) is 36.6 Å². The zero-order chi connectivity index (χ0) is 12.1. The molecular weight excluding hydrogens is 264 g/mol. The summed E-state index contributed by atoms with van der Waals surface area (Å²) in [4.78, 5) is 0. The summed E-state index contributed by atoms with van der Waals surface area (Å²) in [5.74, 6) is 7.78. The Labute approximate surface area is 106 Å². The lowest BCUT2D eigenvalue weighted by Crippen LogP contribution is -2.06. The second-order valence-corrected chi connectivity index (χ2v) is 4.77. The van der Waals surface area contributed by atoms with Gasteiger partial charge in [-0.15, -0.1) is 5.92 Å². The van der Waals surface area contributed by atoms with Crippen LogP contribution in [0, 0.1) is 17.8 Å². The normalized spacial score (nSPS) is 13.6. The first-order valence-corrected chi connectivity index (χ1v) is 6.15. The molecule has 0 bridgehead atoms. The van der Waals surface area contributed by atoms with Crippen LogP contribution < -0.4 is 4.74 Å². The highest BCUT2D eigenvalue weighted by Crippen LogP contribution is 2.33. The molecule has 2 unspecified atom stereocenters. The lowest BCUT2D eigenvalue weighted by atomic mass is 9.89. The van der Waals surface area contributed by atoms with E-state index in [-0.39, 0.29) is 0 Å². The van der Waals surface area contributed by atoms with Crippen molar-refractivity contribution in [2.24, 2.45) is 5.92 Å². The van der Waals surface area contributed by atoms with Crippen LogP contribution in [-0.2, 0) is 0 Å². The maximum absolute atomic E-state index is 5.38. The van der Waals surface area contributed by atoms with E-state index in [1.54, 1.807) is 7.11 Å². The molecular formula is C14H17BrO. The molecule has 1 aromatic rings. The fourth-order valence-corrected chi connectivity index (χ4v) is 2.06. The zero-order valence-corrected chi connectivity index (χ0v) is 11.8. The second kappa shape index (κ2) is 5.96. The van der Waals surface area contributed by atoms with Crippen molar-refractivity contribution in [2.45, 2.75) is 26.7 Å². The molecule has 2 heteroatoms. The van der Waals surface area contributed by atoms with Crippen molar-refractivity contribution in [1.82, 2.24) is 0 Å². The van der Waals surface area contributed by atoms with Gasteiger partial charge in [-0.2, -0.15) is 0 Å². The fourth-order valence-electron chi connectivity index (χ4n) is 1.68. The third kappa shape index (κ3) is 3.02. The van der Waals surface area contributed by atoms with Crippen LogP contribution in [0.2, 0.25) is 0 Å². The van der Waals surface area contributed by atoms with Crippen LogP contribution in [-0.4, -0.2) is 7.11 Å². The lowest BCUT2D eigenvalue weighted by Gasteiger charge is -2.18. The minimum atomic E-state index is 0.327. The van der Waals surface area contributed by atoms with E-state index in [0.717, 1.165) is 10.2 Å². The van der Waals surface area contributed by atoms with Crippen LogP contribution in [0.4, 0.5) is 0 Å². The number of benzene rings is 1. The molecule has 1 rings (SSSR count). The Bertz CT molecular complexity index is 414. The summed E-state index contributed by atoms with van der Waals surface area (Å²) in [7, 11) is 1.70. The molecule has 16 heavy (non-hydrogen) atoms. The summed E-state index contributed by atoms with van der Waals surface area (Å²) in [5.41, 5.74) is 1.20. The van der Waals surface area contributed by atoms with Crippen molar-refractivity contribution in [1.29, 1.82) is 0 Å². The van der Waals surface area contributed by atoms with E-state index >= 15 is 0 Å². The lowest BCUT2D eigenvalue weighted by molar-refractivity contribution is 0.402. The number of hydrogen-bond acceptors (Lipinski definition) is 1. The van der Waals surface area contributed by atoms with E-state index in [1.165, 1.54) is 5.56 Å². The number of halogens is 1. The first-order valence-electron chi connectivity index (χ1n) is 5.35. The van der Waals surface area contributed by atoms with Gasteiger partial charge in [-0.25, -0.2) is 0 Å². The van der Waals surface area contributed by atoms with Crippen LogP contribution >= 0.6 is 15.9 Å². The van der Waals surface area contributed by atoms with E-state index in [1.807, 2.05) is 19.1 Å². The predicted octanol–water partition coefficient (Wildman–Crippen LogP) is 4.22. The van der Waals surface area contributed by atoms with Crippen molar-refractivity contribution in [2.75, 3.05) is 7.11 Å². The Morgan fingerprint density at radius 1 is 1.31 bits per heavy atom. The van der Waals surface area contributed by atoms with Crippen molar-refractivity contribution in [3.63, 3.8) is 0 Å². The molecule has 1 aromatic carbocycles. The Kier molecular flexibility index (Phi) is 4.89. The summed E-state index contributed by atoms with van der Waals surface area (Å²) in [6.45, 7) is 6.20. The largest absolute Gasteiger partial charge is 0.496 e. The standard InChI is InChI=1S/C14H17BrO/c1-5-6-10(2)11(3)13-9-12(15)7-8-14(13)16-4/h7-11H,1-4H3. The van der Waals surface area contributed by atoms with Gasteiger partial charge in [-0.3, -0.25) is 0 Å². The molecule has 0 fully saturated rings. The van der Waals surface area contributed by atoms with E-state index in [2.05, 4.69) is 47.7 Å². The zero-order valence-electron chi connectivity index (χ0n) is 10.2. The average molecular weight is 281 g/mol. The maximum Gasteiger partial charge on any atom is 0.122 e. The van der Waals surface area contributed by atoms with Crippen molar-refractivity contribution >= 4 is 15.9 Å². The van der Waals surface area contributed by atoms with Crippen LogP contribution in [0.25, 0.3) is 0 Å². The predicted molar refractivity (Wildman–Crippen MR) is 71.7 cm³/mol. The Morgan fingerprint density at radius 3 is 2.56 bits per heavy atom. The molecule has 0 aliphatic carbocycles. The van der Waals surface area contributed by atoms with Gasteiger partial charge in [0.1, 0.15) is 5.75 Å². The molecule has 0 N–H and O–H groups in total. The van der Waals surface area contributed by atoms with Gasteiger partial charge in [0, 0.05) is 10.4 Å². The highest BCUT2D eigenvalue weighted by molar-refractivity contribution is 9.10. The number of ether oxygens (including phenoxy) is 1. The molecule has 0 spiro atoms. The van der Waals surface area contributed by atoms with Crippen molar-refractivity contribution in [3.05, 3.63) is 28.2 Å². The van der Waals surface area contributed by atoms with E-state index in [9.17, 15) is 0 Å². The molecule has 0 saturated heterocycles. The topological polar surface area (TPSA) is 9.23 Å². The molecule has 0 amide bonds. The number of rotatable bonds is 3. The number of hydrogen-bond donors (Lipinski definition) is 0. The third-order valence-corrected chi connectivity index (χ3v) is 3.30. The van der Waals surface area contributed by atoms with E-state index in [0.29, 0.717) is 11.8 Å². The van der Waals surface area contributed by atoms with Crippen molar-refractivity contribution in [3.8, 4) is 17.6 Å². The molecule has 0 aliphatic rings. The van der Waals surface area contributed by atoms with Gasteiger partial charge in [0.25, 0.3) is 0 Å². The molecule has 0 saturated carbocycles. The Hall–Kier alpha value is -0.940. The molecule has 86 valence electrons. The number of methoxy groups -OCH3 is 1. The van der Waals surface area contributed by atoms with E-state index < -0.39 is 0 Å². The molecule has 0 radical (unpaired) electrons. The SMILES string of the molecule is CC#CC(C)C(C)c1cc(Br)ccc1OC. The second-order valence-electron chi connectivity index (χ2n) is 3.86. The summed E-state index contributed by atoms with van der Waals surface area (Å²) in [6, 6.07) is 6.09. The first kappa shape index (κ1) is 13.1. The molecule has 1 nitrogen and oxygen atoms in total. The third-order valence-electron chi connectivity index (χ3n) is 2.80. The summed E-state index contributed by atoms with van der Waals surface area (Å²) in [6.07, 6.45) is 0. The molecule has 0 aliphatic heterocycles. The Balaban J connectivity index is 3.08. The Morgan fingerprint density at radius 2 is 2.00 bits per heavy atom. The molecule has 2 atom stereocenters. The quantitative estimate of drug-likeness (QED) is 0.754. The minimum absolute atomic E-state index is 0.327. The van der Waals surface area contributed by atoms with Crippen LogP contribution in [0.15, 0.2) is 22.7 Å². The average Bonchev–Trinajstić information content (AvgIpc) is 2.28. The van der Waals surface area contributed by atoms with Crippen LogP contribution in [0.5, 0.6) is 5.75 Å². The summed E-state index contributed by atoms with van der Waals surface area (Å²) < 4.78 is 6.46. The van der Waals surface area contributed by atoms with Gasteiger partial charge >= 0.3 is 0 Å². The summed E-state index contributed by atoms with van der Waals surface area (Å²) in [5, 5.41) is 0.